The van der Waals surface area contributed by atoms with Crippen LogP contribution in [0.15, 0.2) is 30.3 Å². The molecule has 1 aromatic rings. The Balaban J connectivity index is 1.91. The molecule has 1 N–H and O–H groups in total. The molecule has 0 saturated carbocycles. The molecule has 1 atom stereocenters. The molecule has 1 aromatic carbocycles. The lowest BCUT2D eigenvalue weighted by Gasteiger charge is -2.13. The van der Waals surface area contributed by atoms with Crippen molar-refractivity contribution in [2.75, 3.05) is 6.61 Å². The zero-order valence-electron chi connectivity index (χ0n) is 18.7. The number of benzene rings is 1. The van der Waals surface area contributed by atoms with Gasteiger partial charge in [0.15, 0.2) is 0 Å². The second kappa shape index (κ2) is 18.7. The van der Waals surface area contributed by atoms with Crippen LogP contribution in [0.2, 0.25) is 0 Å². The molecule has 3 heteroatoms. The highest BCUT2D eigenvalue weighted by Gasteiger charge is 2.17. The van der Waals surface area contributed by atoms with Crippen molar-refractivity contribution in [3.8, 4) is 0 Å². The van der Waals surface area contributed by atoms with E-state index in [2.05, 4.69) is 6.92 Å². The van der Waals surface area contributed by atoms with E-state index in [9.17, 15) is 9.90 Å². The average molecular weight is 405 g/mol. The lowest BCUT2D eigenvalue weighted by Crippen LogP contribution is -2.19. The first-order chi connectivity index (χ1) is 14.2. The highest BCUT2D eigenvalue weighted by molar-refractivity contribution is 5.70. The number of ether oxygens (including phenoxy) is 1. The predicted octanol–water partition coefficient (Wildman–Crippen LogP) is 7.78. The van der Waals surface area contributed by atoms with E-state index in [1.54, 1.807) is 0 Å². The molecule has 166 valence electrons. The maximum Gasteiger partial charge on any atom is 0.308 e. The Labute approximate surface area is 179 Å². The summed E-state index contributed by atoms with van der Waals surface area (Å²) in [5.41, 5.74) is 1.09. The van der Waals surface area contributed by atoms with E-state index in [1.807, 2.05) is 30.3 Å². The van der Waals surface area contributed by atoms with Gasteiger partial charge in [-0.15, -0.1) is 0 Å². The Morgan fingerprint density at radius 1 is 0.793 bits per heavy atom. The monoisotopic (exact) mass is 404 g/mol. The van der Waals surface area contributed by atoms with Crippen LogP contribution in [-0.2, 0) is 16.1 Å². The fraction of sp³-hybridized carbons (Fsp3) is 0.731. The number of carboxylic acid groups (broad SMARTS) is 1. The molecule has 0 unspecified atom stereocenters. The maximum atomic E-state index is 11.4. The van der Waals surface area contributed by atoms with E-state index in [1.165, 1.54) is 77.0 Å². The van der Waals surface area contributed by atoms with E-state index in [4.69, 9.17) is 4.74 Å². The molecule has 0 spiro atoms. The zero-order valence-corrected chi connectivity index (χ0v) is 18.7. The second-order valence-electron chi connectivity index (χ2n) is 8.42. The largest absolute Gasteiger partial charge is 0.481 e. The number of carbonyl (C=O) groups is 1. The van der Waals surface area contributed by atoms with Crippen LogP contribution in [0.3, 0.4) is 0 Å². The van der Waals surface area contributed by atoms with Crippen LogP contribution in [0, 0.1) is 5.92 Å². The van der Waals surface area contributed by atoms with Gasteiger partial charge in [0.1, 0.15) is 0 Å². The molecule has 0 aromatic heterocycles. The molecule has 0 bridgehead atoms. The third-order valence-corrected chi connectivity index (χ3v) is 5.69. The first kappa shape index (κ1) is 25.7. The average Bonchev–Trinajstić information content (AvgIpc) is 2.73. The summed E-state index contributed by atoms with van der Waals surface area (Å²) in [5.74, 6) is -1.11. The molecule has 1 rings (SSSR count). The molecule has 0 radical (unpaired) electrons. The lowest BCUT2D eigenvalue weighted by atomic mass is 10.0. The molecule has 0 aliphatic heterocycles. The number of hydrogen-bond donors (Lipinski definition) is 1. The van der Waals surface area contributed by atoms with Crippen molar-refractivity contribution in [3.63, 3.8) is 0 Å². The van der Waals surface area contributed by atoms with Gasteiger partial charge in [0.2, 0.25) is 0 Å². The van der Waals surface area contributed by atoms with Crippen LogP contribution in [-0.4, -0.2) is 17.7 Å². The van der Waals surface area contributed by atoms with Crippen molar-refractivity contribution in [1.29, 1.82) is 0 Å². The third kappa shape index (κ3) is 15.2. The molecule has 3 nitrogen and oxygen atoms in total. The summed E-state index contributed by atoms with van der Waals surface area (Å²) >= 11 is 0. The van der Waals surface area contributed by atoms with Crippen LogP contribution in [0.5, 0.6) is 0 Å². The minimum atomic E-state index is -0.729. The van der Waals surface area contributed by atoms with Crippen LogP contribution in [0.25, 0.3) is 0 Å². The third-order valence-electron chi connectivity index (χ3n) is 5.69. The summed E-state index contributed by atoms with van der Waals surface area (Å²) < 4.78 is 5.63. The van der Waals surface area contributed by atoms with Crippen molar-refractivity contribution in [2.45, 2.75) is 110 Å². The van der Waals surface area contributed by atoms with E-state index >= 15 is 0 Å². The second-order valence-corrected chi connectivity index (χ2v) is 8.42. The van der Waals surface area contributed by atoms with Gasteiger partial charge >= 0.3 is 5.97 Å². The normalized spacial score (nSPS) is 12.2. The van der Waals surface area contributed by atoms with Gasteiger partial charge < -0.3 is 9.84 Å². The van der Waals surface area contributed by atoms with Gasteiger partial charge in [-0.05, 0) is 12.0 Å². The van der Waals surface area contributed by atoms with Crippen LogP contribution >= 0.6 is 0 Å². The lowest BCUT2D eigenvalue weighted by molar-refractivity contribution is -0.144. The van der Waals surface area contributed by atoms with E-state index in [0.717, 1.165) is 24.8 Å². The summed E-state index contributed by atoms with van der Waals surface area (Å²) in [6, 6.07) is 9.93. The van der Waals surface area contributed by atoms with Crippen molar-refractivity contribution < 1.29 is 14.6 Å². The summed E-state index contributed by atoms with van der Waals surface area (Å²) in [4.78, 5) is 11.4. The van der Waals surface area contributed by atoms with E-state index < -0.39 is 5.97 Å². The standard InChI is InChI=1S/C26H44O3/c1-2-3-4-5-6-7-8-9-10-11-12-13-14-18-21-25(26(27)28)23-29-22-24-19-16-15-17-20-24/h15-17,19-20,25H,2-14,18,21-23H2,1H3,(H,27,28)/t25-/m1/s1. The Bertz CT molecular complexity index is 486. The number of carboxylic acids is 1. The van der Waals surface area contributed by atoms with Crippen molar-refractivity contribution >= 4 is 5.97 Å². The zero-order chi connectivity index (χ0) is 21.0. The number of rotatable bonds is 20. The van der Waals surface area contributed by atoms with Gasteiger partial charge in [0.05, 0.1) is 19.1 Å². The van der Waals surface area contributed by atoms with Crippen molar-refractivity contribution in [1.82, 2.24) is 0 Å². The summed E-state index contributed by atoms with van der Waals surface area (Å²) in [6.07, 6.45) is 19.2. The van der Waals surface area contributed by atoms with Crippen LogP contribution in [0.4, 0.5) is 0 Å². The molecular weight excluding hydrogens is 360 g/mol. The molecule has 0 saturated heterocycles. The van der Waals surface area contributed by atoms with E-state index in [0.29, 0.717) is 13.2 Å². The minimum absolute atomic E-state index is 0.308. The maximum absolute atomic E-state index is 11.4. The van der Waals surface area contributed by atoms with Gasteiger partial charge in [-0.3, -0.25) is 4.79 Å². The fourth-order valence-electron chi connectivity index (χ4n) is 3.76. The minimum Gasteiger partial charge on any atom is -0.481 e. The molecule has 0 heterocycles. The van der Waals surface area contributed by atoms with Gasteiger partial charge in [-0.1, -0.05) is 127 Å². The Hall–Kier alpha value is -1.35. The highest BCUT2D eigenvalue weighted by atomic mass is 16.5. The predicted molar refractivity (Wildman–Crippen MR) is 122 cm³/mol. The molecule has 0 fully saturated rings. The van der Waals surface area contributed by atoms with Crippen LogP contribution < -0.4 is 0 Å². The number of unbranched alkanes of at least 4 members (excludes halogenated alkanes) is 13. The molecule has 0 aliphatic carbocycles. The smallest absolute Gasteiger partial charge is 0.308 e. The molecular formula is C26H44O3. The quantitative estimate of drug-likeness (QED) is 0.226. The van der Waals surface area contributed by atoms with Gasteiger partial charge in [0.25, 0.3) is 0 Å². The van der Waals surface area contributed by atoms with E-state index in [-0.39, 0.29) is 5.92 Å². The molecule has 0 aliphatic rings. The first-order valence-electron chi connectivity index (χ1n) is 12.1. The fourth-order valence-corrected chi connectivity index (χ4v) is 3.76. The Morgan fingerprint density at radius 3 is 1.76 bits per heavy atom. The van der Waals surface area contributed by atoms with Crippen molar-refractivity contribution in [2.24, 2.45) is 5.92 Å². The Morgan fingerprint density at radius 2 is 1.28 bits per heavy atom. The molecule has 29 heavy (non-hydrogen) atoms. The van der Waals surface area contributed by atoms with Crippen molar-refractivity contribution in [3.05, 3.63) is 35.9 Å². The first-order valence-corrected chi connectivity index (χ1v) is 12.1. The highest BCUT2D eigenvalue weighted by Crippen LogP contribution is 2.16. The Kier molecular flexibility index (Phi) is 16.5. The van der Waals surface area contributed by atoms with Gasteiger partial charge in [0, 0.05) is 0 Å². The van der Waals surface area contributed by atoms with Crippen LogP contribution in [0.1, 0.15) is 109 Å². The number of aliphatic carboxylic acids is 1. The topological polar surface area (TPSA) is 46.5 Å². The van der Waals surface area contributed by atoms with Gasteiger partial charge in [-0.2, -0.15) is 0 Å². The SMILES string of the molecule is CCCCCCCCCCCCCCCC[C@H](COCc1ccccc1)C(=O)O. The molecule has 0 amide bonds. The van der Waals surface area contributed by atoms with Gasteiger partial charge in [-0.25, -0.2) is 0 Å². The summed E-state index contributed by atoms with van der Waals surface area (Å²) in [6.45, 7) is 3.07. The summed E-state index contributed by atoms with van der Waals surface area (Å²) in [7, 11) is 0. The number of hydrogen-bond acceptors (Lipinski definition) is 2. The summed E-state index contributed by atoms with van der Waals surface area (Å²) in [5, 5.41) is 9.39.